The van der Waals surface area contributed by atoms with Crippen molar-refractivity contribution in [1.82, 2.24) is 10.2 Å². The summed E-state index contributed by atoms with van der Waals surface area (Å²) in [4.78, 5) is 24.3. The standard InChI is InChI=1S/C10H17N3O2/c11-5-8(7-3-1-2-4-7)13-9(14)6-12-10(13)15/h7-8H,1-6,11H2,(H,12,15). The number of urea groups is 1. The van der Waals surface area contributed by atoms with Crippen LogP contribution in [0.5, 0.6) is 0 Å². The molecule has 3 N–H and O–H groups in total. The van der Waals surface area contributed by atoms with Gasteiger partial charge in [0, 0.05) is 6.54 Å². The number of nitrogens with zero attached hydrogens (tertiary/aromatic N) is 1. The molecular weight excluding hydrogens is 194 g/mol. The topological polar surface area (TPSA) is 75.4 Å². The van der Waals surface area contributed by atoms with Gasteiger partial charge in [-0.1, -0.05) is 12.8 Å². The fourth-order valence-electron chi connectivity index (χ4n) is 2.62. The minimum absolute atomic E-state index is 0.0949. The Hall–Kier alpha value is -1.10. The van der Waals surface area contributed by atoms with Crippen LogP contribution in [0.2, 0.25) is 0 Å². The summed E-state index contributed by atoms with van der Waals surface area (Å²) in [5.74, 6) is 0.269. The van der Waals surface area contributed by atoms with Gasteiger partial charge in [-0.05, 0) is 18.8 Å². The van der Waals surface area contributed by atoms with Gasteiger partial charge < -0.3 is 11.1 Å². The van der Waals surface area contributed by atoms with Crippen molar-refractivity contribution in [3.8, 4) is 0 Å². The summed E-state index contributed by atoms with van der Waals surface area (Å²) >= 11 is 0. The lowest BCUT2D eigenvalue weighted by molar-refractivity contribution is -0.127. The molecule has 2 aliphatic rings. The minimum Gasteiger partial charge on any atom is -0.329 e. The number of carbonyl (C=O) groups excluding carboxylic acids is 2. The molecule has 3 amide bonds. The van der Waals surface area contributed by atoms with Crippen LogP contribution in [0.15, 0.2) is 0 Å². The van der Waals surface area contributed by atoms with Gasteiger partial charge in [-0.15, -0.1) is 0 Å². The summed E-state index contributed by atoms with van der Waals surface area (Å²) in [7, 11) is 0. The van der Waals surface area contributed by atoms with E-state index in [2.05, 4.69) is 5.32 Å². The zero-order chi connectivity index (χ0) is 10.8. The molecule has 1 saturated carbocycles. The third kappa shape index (κ3) is 1.84. The maximum absolute atomic E-state index is 11.5. The Balaban J connectivity index is 2.10. The Morgan fingerprint density at radius 2 is 2.07 bits per heavy atom. The number of carbonyl (C=O) groups is 2. The lowest BCUT2D eigenvalue weighted by Gasteiger charge is -2.28. The summed E-state index contributed by atoms with van der Waals surface area (Å²) < 4.78 is 0. The minimum atomic E-state index is -0.276. The molecular formula is C10H17N3O2. The molecule has 5 nitrogen and oxygen atoms in total. The highest BCUT2D eigenvalue weighted by Crippen LogP contribution is 2.30. The molecule has 84 valence electrons. The predicted molar refractivity (Wildman–Crippen MR) is 55.0 cm³/mol. The van der Waals surface area contributed by atoms with Gasteiger partial charge in [-0.25, -0.2) is 4.79 Å². The van der Waals surface area contributed by atoms with E-state index in [0.717, 1.165) is 12.8 Å². The van der Waals surface area contributed by atoms with Gasteiger partial charge in [-0.3, -0.25) is 9.69 Å². The van der Waals surface area contributed by atoms with Crippen LogP contribution in [0.1, 0.15) is 25.7 Å². The quantitative estimate of drug-likeness (QED) is 0.648. The summed E-state index contributed by atoms with van der Waals surface area (Å²) in [6, 6.07) is -0.371. The van der Waals surface area contributed by atoms with Crippen LogP contribution in [0.25, 0.3) is 0 Å². The number of imide groups is 1. The Kier molecular flexibility index (Phi) is 2.90. The Morgan fingerprint density at radius 1 is 1.40 bits per heavy atom. The lowest BCUT2D eigenvalue weighted by atomic mass is 9.97. The summed E-state index contributed by atoms with van der Waals surface area (Å²) in [5.41, 5.74) is 5.68. The van der Waals surface area contributed by atoms with Crippen LogP contribution in [0.3, 0.4) is 0 Å². The van der Waals surface area contributed by atoms with Gasteiger partial charge in [0.25, 0.3) is 0 Å². The monoisotopic (exact) mass is 211 g/mol. The lowest BCUT2D eigenvalue weighted by Crippen LogP contribution is -2.48. The molecule has 0 aromatic carbocycles. The molecule has 1 aliphatic heterocycles. The molecule has 0 spiro atoms. The maximum atomic E-state index is 11.5. The smallest absolute Gasteiger partial charge is 0.324 e. The highest BCUT2D eigenvalue weighted by atomic mass is 16.2. The molecule has 0 aromatic heterocycles. The largest absolute Gasteiger partial charge is 0.329 e. The van der Waals surface area contributed by atoms with Crippen LogP contribution >= 0.6 is 0 Å². The fraction of sp³-hybridized carbons (Fsp3) is 0.800. The van der Waals surface area contributed by atoms with Crippen molar-refractivity contribution in [2.75, 3.05) is 13.1 Å². The summed E-state index contributed by atoms with van der Waals surface area (Å²) in [6.07, 6.45) is 4.54. The van der Waals surface area contributed by atoms with Crippen LogP contribution in [-0.4, -0.2) is 36.0 Å². The number of hydrogen-bond donors (Lipinski definition) is 2. The van der Waals surface area contributed by atoms with Gasteiger partial charge in [0.1, 0.15) is 0 Å². The third-order valence-electron chi connectivity index (χ3n) is 3.40. The molecule has 1 saturated heterocycles. The molecule has 5 heteroatoms. The predicted octanol–water partition coefficient (Wildman–Crippen LogP) is 0.0557. The van der Waals surface area contributed by atoms with Crippen molar-refractivity contribution >= 4 is 11.9 Å². The first kappa shape index (κ1) is 10.4. The first-order valence-electron chi connectivity index (χ1n) is 5.54. The number of nitrogens with two attached hydrogens (primary N) is 1. The van der Waals surface area contributed by atoms with Crippen LogP contribution in [0.4, 0.5) is 4.79 Å². The molecule has 1 aliphatic carbocycles. The van der Waals surface area contributed by atoms with E-state index in [1.54, 1.807) is 0 Å². The highest BCUT2D eigenvalue weighted by Gasteiger charge is 2.38. The zero-order valence-electron chi connectivity index (χ0n) is 8.74. The molecule has 1 unspecified atom stereocenters. The zero-order valence-corrected chi connectivity index (χ0v) is 8.74. The number of nitrogens with one attached hydrogen (secondary N) is 1. The van der Waals surface area contributed by atoms with E-state index in [1.807, 2.05) is 0 Å². The SMILES string of the molecule is NCC(C1CCCC1)N1C(=O)CNC1=O. The van der Waals surface area contributed by atoms with E-state index in [9.17, 15) is 9.59 Å². The van der Waals surface area contributed by atoms with E-state index in [4.69, 9.17) is 5.73 Å². The van der Waals surface area contributed by atoms with Crippen molar-refractivity contribution in [3.05, 3.63) is 0 Å². The molecule has 0 bridgehead atoms. The average Bonchev–Trinajstić information content (AvgIpc) is 2.83. The molecule has 0 aromatic rings. The first-order chi connectivity index (χ1) is 7.24. The van der Waals surface area contributed by atoms with Crippen LogP contribution < -0.4 is 11.1 Å². The number of rotatable bonds is 3. The van der Waals surface area contributed by atoms with E-state index in [-0.39, 0.29) is 24.5 Å². The average molecular weight is 211 g/mol. The molecule has 15 heavy (non-hydrogen) atoms. The van der Waals surface area contributed by atoms with Gasteiger partial charge in [0.2, 0.25) is 5.91 Å². The number of amides is 3. The van der Waals surface area contributed by atoms with Crippen molar-refractivity contribution in [2.45, 2.75) is 31.7 Å². The van der Waals surface area contributed by atoms with E-state index < -0.39 is 0 Å². The second-order valence-corrected chi connectivity index (χ2v) is 4.27. The van der Waals surface area contributed by atoms with Gasteiger partial charge in [0.05, 0.1) is 12.6 Å². The fourth-order valence-corrected chi connectivity index (χ4v) is 2.62. The second kappa shape index (κ2) is 4.18. The Labute approximate surface area is 89.0 Å². The molecule has 1 heterocycles. The number of hydrogen-bond acceptors (Lipinski definition) is 3. The summed E-state index contributed by atoms with van der Waals surface area (Å²) in [6.45, 7) is 0.506. The maximum Gasteiger partial charge on any atom is 0.324 e. The normalized spacial score (nSPS) is 24.7. The van der Waals surface area contributed by atoms with E-state index in [0.29, 0.717) is 12.5 Å². The van der Waals surface area contributed by atoms with E-state index >= 15 is 0 Å². The molecule has 2 rings (SSSR count). The first-order valence-corrected chi connectivity index (χ1v) is 5.54. The van der Waals surface area contributed by atoms with Crippen LogP contribution in [-0.2, 0) is 4.79 Å². The van der Waals surface area contributed by atoms with Gasteiger partial charge >= 0.3 is 6.03 Å². The van der Waals surface area contributed by atoms with Crippen molar-refractivity contribution in [3.63, 3.8) is 0 Å². The van der Waals surface area contributed by atoms with E-state index in [1.165, 1.54) is 17.7 Å². The van der Waals surface area contributed by atoms with Gasteiger partial charge in [0.15, 0.2) is 0 Å². The second-order valence-electron chi connectivity index (χ2n) is 4.27. The third-order valence-corrected chi connectivity index (χ3v) is 3.40. The molecule has 1 atom stereocenters. The molecule has 2 fully saturated rings. The summed E-state index contributed by atoms with van der Waals surface area (Å²) in [5, 5.41) is 2.54. The Morgan fingerprint density at radius 3 is 2.53 bits per heavy atom. The Bertz CT molecular complexity index is 258. The molecule has 0 radical (unpaired) electrons. The van der Waals surface area contributed by atoms with Crippen molar-refractivity contribution < 1.29 is 9.59 Å². The van der Waals surface area contributed by atoms with Crippen molar-refractivity contribution in [1.29, 1.82) is 0 Å². The van der Waals surface area contributed by atoms with Gasteiger partial charge in [-0.2, -0.15) is 0 Å². The highest BCUT2D eigenvalue weighted by molar-refractivity contribution is 6.02. The van der Waals surface area contributed by atoms with Crippen molar-refractivity contribution in [2.24, 2.45) is 11.7 Å². The van der Waals surface area contributed by atoms with Crippen LogP contribution in [0, 0.1) is 5.92 Å².